The van der Waals surface area contributed by atoms with Crippen LogP contribution in [0.25, 0.3) is 0 Å². The molecule has 0 saturated heterocycles. The maximum Gasteiger partial charge on any atom is 0.313 e. The number of likely N-dealkylation sites (N-methyl/N-ethyl adjacent to an activating group) is 2. The van der Waals surface area contributed by atoms with Crippen molar-refractivity contribution in [2.24, 2.45) is 17.8 Å². The number of anilines is 1. The van der Waals surface area contributed by atoms with Crippen LogP contribution in [-0.2, 0) is 87.5 Å². The van der Waals surface area contributed by atoms with Crippen molar-refractivity contribution in [3.05, 3.63) is 64.1 Å². The number of carboxylic acid groups (broad SMARTS) is 1. The molecule has 0 radical (unpaired) electrons. The van der Waals surface area contributed by atoms with E-state index in [4.69, 9.17) is 37.9 Å². The number of aliphatic carboxylic acids is 1. The van der Waals surface area contributed by atoms with Gasteiger partial charge in [-0.3, -0.25) is 67.4 Å². The van der Waals surface area contributed by atoms with E-state index in [1.807, 2.05) is 27.7 Å². The first-order valence-corrected chi connectivity index (χ1v) is 31.6. The van der Waals surface area contributed by atoms with Crippen LogP contribution in [0.2, 0.25) is 0 Å². The van der Waals surface area contributed by atoms with Gasteiger partial charge in [0.05, 0.1) is 122 Å². The summed E-state index contributed by atoms with van der Waals surface area (Å²) in [5.74, 6) is -7.22. The summed E-state index contributed by atoms with van der Waals surface area (Å²) in [5, 5.41) is 20.5. The summed E-state index contributed by atoms with van der Waals surface area (Å²) in [4.78, 5) is 151. The molecule has 2 aliphatic heterocycles. The van der Waals surface area contributed by atoms with Crippen LogP contribution in [0.3, 0.4) is 0 Å². The number of hydrogen-bond acceptors (Lipinski definition) is 22. The maximum atomic E-state index is 14.4. The van der Waals surface area contributed by atoms with Crippen LogP contribution in [0.5, 0.6) is 5.75 Å². The van der Waals surface area contributed by atoms with Crippen molar-refractivity contribution in [2.75, 3.05) is 119 Å². The Kier molecular flexibility index (Phi) is 32.9. The summed E-state index contributed by atoms with van der Waals surface area (Å²) >= 11 is 1.06. The number of carbonyl (C=O) groups is 11. The molecule has 0 saturated carbocycles. The molecule has 2 aliphatic rings. The van der Waals surface area contributed by atoms with Gasteiger partial charge in [-0.2, -0.15) is 0 Å². The molecule has 0 bridgehead atoms. The van der Waals surface area contributed by atoms with Crippen molar-refractivity contribution in [3.8, 4) is 5.75 Å². The fraction of sp³-hybridized carbons (Fsp3) is 0.619. The number of carbonyl (C=O) groups excluding carboxylic acids is 10. The third kappa shape index (κ3) is 25.6. The van der Waals surface area contributed by atoms with Crippen LogP contribution in [0.1, 0.15) is 115 Å². The quantitative estimate of drug-likeness (QED) is 0.0319. The van der Waals surface area contributed by atoms with Crippen LogP contribution >= 0.6 is 11.3 Å². The summed E-state index contributed by atoms with van der Waals surface area (Å²) < 4.78 is 44.6. The number of esters is 2. The molecule has 0 aliphatic carbocycles. The Bertz CT molecular complexity index is 2860. The summed E-state index contributed by atoms with van der Waals surface area (Å²) in [7, 11) is 5.20. The molecule has 29 heteroatoms. The highest BCUT2D eigenvalue weighted by molar-refractivity contribution is 7.09. The molecule has 2 aromatic rings. The van der Waals surface area contributed by atoms with Gasteiger partial charge in [0.1, 0.15) is 16.7 Å². The van der Waals surface area contributed by atoms with Gasteiger partial charge in [0.2, 0.25) is 17.7 Å². The lowest BCUT2D eigenvalue weighted by Gasteiger charge is -2.38. The lowest BCUT2D eigenvalue weighted by molar-refractivity contribution is -0.149. The monoisotopic (exact) mass is 1310 g/mol. The Balaban J connectivity index is 1.43. The lowest BCUT2D eigenvalue weighted by atomic mass is 9.92. The fourth-order valence-corrected chi connectivity index (χ4v) is 10.0. The Morgan fingerprint density at radius 3 is 1.70 bits per heavy atom. The summed E-state index contributed by atoms with van der Waals surface area (Å²) in [6.07, 6.45) is 4.13. The predicted molar refractivity (Wildman–Crippen MR) is 335 cm³/mol. The average molecular weight is 1310 g/mol. The van der Waals surface area contributed by atoms with Crippen LogP contribution in [0.4, 0.5) is 5.69 Å². The first kappa shape index (κ1) is 77.1. The second kappa shape index (κ2) is 39.2. The van der Waals surface area contributed by atoms with Gasteiger partial charge >= 0.3 is 17.9 Å². The second-order valence-electron chi connectivity index (χ2n) is 23.2. The van der Waals surface area contributed by atoms with Gasteiger partial charge in [0, 0.05) is 62.2 Å². The molecule has 3 heterocycles. The topological polar surface area (TPSA) is 344 Å². The molecule has 0 spiro atoms. The molecule has 92 heavy (non-hydrogen) atoms. The second-order valence-corrected chi connectivity index (χ2v) is 24.0. The van der Waals surface area contributed by atoms with E-state index < -0.39 is 89.0 Å². The molecule has 8 amide bonds. The van der Waals surface area contributed by atoms with Gasteiger partial charge in [-0.05, 0) is 70.3 Å². The van der Waals surface area contributed by atoms with Crippen LogP contribution in [0.15, 0.2) is 47.9 Å². The van der Waals surface area contributed by atoms with E-state index >= 15 is 0 Å². The van der Waals surface area contributed by atoms with Crippen molar-refractivity contribution in [1.82, 2.24) is 35.2 Å². The number of aromatic nitrogens is 1. The van der Waals surface area contributed by atoms with E-state index in [2.05, 4.69) is 20.9 Å². The maximum absolute atomic E-state index is 14.4. The minimum Gasteiger partial charge on any atom is -0.481 e. The SMILES string of the molecule is CC[C@H](C)[C@H](NC(=O)C(C)(C)N(C)C)C(=O)N(C)[C@H](C[C@@H](OC(C)=O)c1nc(C(=O)N[C@@H](Cc2ccc(OC(=O)CCOCCOCCOCCN3C(=O)C=CC3=O)c(NC(=O)CCOCCOCCOCCN3C(=O)C=CC3=O)c2)CC(C)C(=O)O)cs1)C(C)C. The molecule has 28 nitrogen and oxygen atoms in total. The Hall–Kier alpha value is -7.38. The smallest absolute Gasteiger partial charge is 0.313 e. The number of rotatable bonds is 45. The number of carboxylic acids is 1. The molecule has 1 unspecified atom stereocenters. The van der Waals surface area contributed by atoms with Crippen molar-refractivity contribution in [1.29, 1.82) is 0 Å². The number of nitrogens with zero attached hydrogens (tertiary/aromatic N) is 5. The summed E-state index contributed by atoms with van der Waals surface area (Å²) in [6, 6.07) is 2.36. The number of ether oxygens (including phenoxy) is 8. The van der Waals surface area contributed by atoms with Gasteiger partial charge in [-0.25, -0.2) is 4.98 Å². The van der Waals surface area contributed by atoms with E-state index in [9.17, 15) is 57.8 Å². The molecule has 510 valence electrons. The van der Waals surface area contributed by atoms with Gasteiger partial charge in [-0.15, -0.1) is 11.3 Å². The summed E-state index contributed by atoms with van der Waals surface area (Å²) in [5.41, 5.74) is -0.380. The number of imide groups is 2. The van der Waals surface area contributed by atoms with Crippen molar-refractivity contribution in [2.45, 2.75) is 124 Å². The van der Waals surface area contributed by atoms with Crippen molar-refractivity contribution >= 4 is 82.2 Å². The first-order chi connectivity index (χ1) is 43.6. The molecule has 1 aromatic heterocycles. The average Bonchev–Trinajstić information content (AvgIpc) is 1.05. The van der Waals surface area contributed by atoms with E-state index in [1.54, 1.807) is 56.9 Å². The number of benzene rings is 1. The van der Waals surface area contributed by atoms with E-state index in [0.29, 0.717) is 12.0 Å². The number of amides is 8. The third-order valence-corrected chi connectivity index (χ3v) is 16.3. The first-order valence-electron chi connectivity index (χ1n) is 30.7. The normalized spacial score (nSPS) is 15.2. The van der Waals surface area contributed by atoms with Crippen LogP contribution < -0.4 is 20.7 Å². The van der Waals surface area contributed by atoms with E-state index in [-0.39, 0.29) is 170 Å². The van der Waals surface area contributed by atoms with Gasteiger partial charge in [0.15, 0.2) is 11.9 Å². The number of thiazole rings is 1. The Labute approximate surface area is 541 Å². The van der Waals surface area contributed by atoms with Crippen molar-refractivity contribution in [3.63, 3.8) is 0 Å². The van der Waals surface area contributed by atoms with Crippen LogP contribution in [-0.4, -0.2) is 232 Å². The third-order valence-electron chi connectivity index (χ3n) is 15.4. The van der Waals surface area contributed by atoms with Gasteiger partial charge in [0.25, 0.3) is 29.5 Å². The van der Waals surface area contributed by atoms with Crippen molar-refractivity contribution < 1.29 is 95.7 Å². The lowest BCUT2D eigenvalue weighted by Crippen LogP contribution is -2.60. The van der Waals surface area contributed by atoms with Gasteiger partial charge < -0.3 is 63.9 Å². The highest BCUT2D eigenvalue weighted by Crippen LogP contribution is 2.32. The Morgan fingerprint density at radius 1 is 0.696 bits per heavy atom. The molecule has 4 N–H and O–H groups in total. The molecule has 1 aromatic carbocycles. The molecule has 6 atom stereocenters. The van der Waals surface area contributed by atoms with E-state index in [1.165, 1.54) is 49.6 Å². The molecule has 4 rings (SSSR count). The minimum atomic E-state index is -1.12. The Morgan fingerprint density at radius 2 is 1.21 bits per heavy atom. The molecular formula is C63H92N8O20S. The highest BCUT2D eigenvalue weighted by Gasteiger charge is 2.39. The number of nitrogens with one attached hydrogen (secondary N) is 3. The molecule has 0 fully saturated rings. The standard InChI is InChI=1S/C63H92N8O20S/c1-12-41(4)57(67-62(83)63(7,8)68(9)10)60(80)69(11)48(40(2)3)38-50(90-43(6)72)59-66-47(39-92-59)58(79)64-45(35-42(5)61(81)82)36-44-13-14-49(91-56(78)20-24-85-28-32-89-34-30-87-26-22-71-54(76)17-18-55(71)77)46(37-44)65-51(73)19-23-84-27-31-88-33-29-86-25-21-70-52(74)15-16-53(70)75/h13-18,37,39-42,45,48,50,57H,12,19-36,38H2,1-11H3,(H,64,79)(H,65,73)(H,67,83)(H,81,82)/t41-,42?,45+,48+,50+,57-/m0/s1. The summed E-state index contributed by atoms with van der Waals surface area (Å²) in [6.45, 7) is 15.8. The zero-order chi connectivity index (χ0) is 68.1. The zero-order valence-electron chi connectivity index (χ0n) is 54.7. The number of hydrogen-bond donors (Lipinski definition) is 4. The molecular weight excluding hydrogens is 1220 g/mol. The minimum absolute atomic E-state index is 0.0183. The van der Waals surface area contributed by atoms with E-state index in [0.717, 1.165) is 21.1 Å². The fourth-order valence-electron chi connectivity index (χ4n) is 9.18. The van der Waals surface area contributed by atoms with Crippen LogP contribution in [0, 0.1) is 17.8 Å². The predicted octanol–water partition coefficient (Wildman–Crippen LogP) is 3.52. The zero-order valence-corrected chi connectivity index (χ0v) is 55.5. The van der Waals surface area contributed by atoms with Gasteiger partial charge in [-0.1, -0.05) is 47.1 Å². The highest BCUT2D eigenvalue weighted by atomic mass is 32.1. The largest absolute Gasteiger partial charge is 0.481 e.